The summed E-state index contributed by atoms with van der Waals surface area (Å²) in [7, 11) is 0. The number of piperidine rings is 1. The lowest BCUT2D eigenvalue weighted by Crippen LogP contribution is -2.36. The first-order chi connectivity index (χ1) is 14.0. The summed E-state index contributed by atoms with van der Waals surface area (Å²) in [5.41, 5.74) is 9.51. The van der Waals surface area contributed by atoms with Gasteiger partial charge in [-0.1, -0.05) is 32.0 Å². The minimum Gasteiger partial charge on any atom is -0.393 e. The van der Waals surface area contributed by atoms with Crippen LogP contribution < -0.4 is 16.0 Å². The summed E-state index contributed by atoms with van der Waals surface area (Å²) in [6, 6.07) is 13.4. The molecule has 2 aromatic rings. The van der Waals surface area contributed by atoms with Gasteiger partial charge in [0.2, 0.25) is 0 Å². The Balaban J connectivity index is 0.00000320. The quantitative estimate of drug-likeness (QED) is 0.286. The van der Waals surface area contributed by atoms with Crippen LogP contribution in [0.5, 0.6) is 0 Å². The Morgan fingerprint density at radius 3 is 2.50 bits per heavy atom. The number of aliphatic hydroxyl groups excluding tert-OH is 1. The number of aliphatic imine (C=N–C) groups is 1. The first-order valence-corrected chi connectivity index (χ1v) is 10.3. The summed E-state index contributed by atoms with van der Waals surface area (Å²) in [5, 5.41) is 12.7. The number of hydrogen-bond acceptors (Lipinski definition) is 3. The van der Waals surface area contributed by atoms with E-state index in [0.717, 1.165) is 17.7 Å². The number of hydrogen-bond donors (Lipinski definition) is 3. The minimum absolute atomic E-state index is 0. The highest BCUT2D eigenvalue weighted by Gasteiger charge is 2.19. The SMILES string of the molecule is CCC(C)c1ccc(NC(N)=NCc2ccc(N3CCC(O)CC3)c(F)c2)cc1.I. The van der Waals surface area contributed by atoms with Gasteiger partial charge >= 0.3 is 0 Å². The zero-order chi connectivity index (χ0) is 20.8. The average Bonchev–Trinajstić information content (AvgIpc) is 2.73. The monoisotopic (exact) mass is 526 g/mol. The maximum Gasteiger partial charge on any atom is 0.193 e. The highest BCUT2D eigenvalue weighted by atomic mass is 127. The summed E-state index contributed by atoms with van der Waals surface area (Å²) >= 11 is 0. The van der Waals surface area contributed by atoms with Crippen molar-refractivity contribution in [2.24, 2.45) is 10.7 Å². The minimum atomic E-state index is -0.273. The Morgan fingerprint density at radius 1 is 1.23 bits per heavy atom. The van der Waals surface area contributed by atoms with Gasteiger partial charge in [0, 0.05) is 18.8 Å². The average molecular weight is 526 g/mol. The highest BCUT2D eigenvalue weighted by molar-refractivity contribution is 14.0. The number of halogens is 2. The topological polar surface area (TPSA) is 73.9 Å². The third-order valence-corrected chi connectivity index (χ3v) is 5.61. The van der Waals surface area contributed by atoms with E-state index < -0.39 is 0 Å². The van der Waals surface area contributed by atoms with E-state index >= 15 is 0 Å². The van der Waals surface area contributed by atoms with Crippen molar-refractivity contribution in [3.63, 3.8) is 0 Å². The van der Waals surface area contributed by atoms with E-state index in [1.807, 2.05) is 23.1 Å². The summed E-state index contributed by atoms with van der Waals surface area (Å²) < 4.78 is 14.5. The van der Waals surface area contributed by atoms with Crippen LogP contribution in [0.15, 0.2) is 47.5 Å². The number of guanidine groups is 1. The molecule has 1 saturated heterocycles. The molecule has 7 heteroatoms. The zero-order valence-electron chi connectivity index (χ0n) is 17.6. The molecule has 1 unspecified atom stereocenters. The van der Waals surface area contributed by atoms with Gasteiger partial charge in [0.25, 0.3) is 0 Å². The van der Waals surface area contributed by atoms with Crippen LogP contribution in [0.4, 0.5) is 15.8 Å². The van der Waals surface area contributed by atoms with E-state index in [2.05, 4.69) is 36.3 Å². The molecule has 0 amide bonds. The van der Waals surface area contributed by atoms with Crippen molar-refractivity contribution in [2.75, 3.05) is 23.3 Å². The fourth-order valence-corrected chi connectivity index (χ4v) is 3.51. The van der Waals surface area contributed by atoms with E-state index in [1.165, 1.54) is 11.6 Å². The van der Waals surface area contributed by atoms with Crippen molar-refractivity contribution in [1.29, 1.82) is 0 Å². The fourth-order valence-electron chi connectivity index (χ4n) is 3.51. The molecule has 0 bridgehead atoms. The second kappa shape index (κ2) is 11.5. The lowest BCUT2D eigenvalue weighted by molar-refractivity contribution is 0.145. The number of nitrogens with one attached hydrogen (secondary N) is 1. The van der Waals surface area contributed by atoms with Gasteiger partial charge in [-0.2, -0.15) is 0 Å². The number of nitrogens with zero attached hydrogens (tertiary/aromatic N) is 2. The standard InChI is InChI=1S/C23H31FN4O.HI/c1-3-16(2)18-5-7-19(8-6-18)27-23(25)26-15-17-4-9-22(21(24)14-17)28-12-10-20(29)11-13-28;/h4-9,14,16,20,29H,3,10-13,15H2,1-2H3,(H3,25,26,27);1H. The highest BCUT2D eigenvalue weighted by Crippen LogP contribution is 2.25. The third-order valence-electron chi connectivity index (χ3n) is 5.61. The molecule has 4 N–H and O–H groups in total. The van der Waals surface area contributed by atoms with Crippen molar-refractivity contribution < 1.29 is 9.50 Å². The van der Waals surface area contributed by atoms with Crippen molar-refractivity contribution in [2.45, 2.75) is 51.7 Å². The van der Waals surface area contributed by atoms with E-state index in [9.17, 15) is 9.50 Å². The smallest absolute Gasteiger partial charge is 0.193 e. The van der Waals surface area contributed by atoms with Crippen LogP contribution in [0, 0.1) is 5.82 Å². The lowest BCUT2D eigenvalue weighted by atomic mass is 9.99. The molecule has 164 valence electrons. The fraction of sp³-hybridized carbons (Fsp3) is 0.435. The van der Waals surface area contributed by atoms with Crippen LogP contribution in [0.3, 0.4) is 0 Å². The number of rotatable bonds is 6. The summed E-state index contributed by atoms with van der Waals surface area (Å²) in [4.78, 5) is 6.31. The lowest BCUT2D eigenvalue weighted by Gasteiger charge is -2.31. The molecule has 0 aliphatic carbocycles. The molecule has 2 aromatic carbocycles. The first kappa shape index (κ1) is 24.4. The molecule has 0 aromatic heterocycles. The van der Waals surface area contributed by atoms with Crippen LogP contribution in [0.2, 0.25) is 0 Å². The van der Waals surface area contributed by atoms with E-state index in [-0.39, 0.29) is 35.9 Å². The normalized spacial score (nSPS) is 16.1. The molecule has 0 spiro atoms. The Bertz CT molecular complexity index is 836. The molecule has 1 aliphatic rings. The van der Waals surface area contributed by atoms with E-state index in [0.29, 0.717) is 50.0 Å². The molecule has 5 nitrogen and oxygen atoms in total. The maximum absolute atomic E-state index is 14.5. The molecule has 0 radical (unpaired) electrons. The van der Waals surface area contributed by atoms with Crippen molar-refractivity contribution in [3.8, 4) is 0 Å². The third kappa shape index (κ3) is 6.57. The van der Waals surface area contributed by atoms with Crippen LogP contribution >= 0.6 is 24.0 Å². The van der Waals surface area contributed by atoms with Crippen LogP contribution in [-0.2, 0) is 6.54 Å². The Morgan fingerprint density at radius 2 is 1.90 bits per heavy atom. The number of anilines is 2. The molecule has 1 aliphatic heterocycles. The van der Waals surface area contributed by atoms with Gasteiger partial charge in [0.15, 0.2) is 5.96 Å². The number of nitrogens with two attached hydrogens (primary N) is 1. The first-order valence-electron chi connectivity index (χ1n) is 10.3. The largest absolute Gasteiger partial charge is 0.393 e. The van der Waals surface area contributed by atoms with Crippen molar-refractivity contribution in [1.82, 2.24) is 0 Å². The van der Waals surface area contributed by atoms with Crippen LogP contribution in [0.1, 0.15) is 50.2 Å². The van der Waals surface area contributed by atoms with Crippen molar-refractivity contribution in [3.05, 3.63) is 59.4 Å². The van der Waals surface area contributed by atoms with Gasteiger partial charge in [-0.3, -0.25) is 0 Å². The van der Waals surface area contributed by atoms with Gasteiger partial charge in [-0.25, -0.2) is 9.38 Å². The molecule has 1 atom stereocenters. The molecular formula is C23H32FIN4O. The van der Waals surface area contributed by atoms with Gasteiger partial charge < -0.3 is 21.1 Å². The second-order valence-corrected chi connectivity index (χ2v) is 7.76. The Labute approximate surface area is 195 Å². The second-order valence-electron chi connectivity index (χ2n) is 7.76. The van der Waals surface area contributed by atoms with E-state index in [1.54, 1.807) is 6.07 Å². The maximum atomic E-state index is 14.5. The Kier molecular flexibility index (Phi) is 9.36. The molecule has 30 heavy (non-hydrogen) atoms. The molecule has 1 fully saturated rings. The number of benzene rings is 2. The molecule has 0 saturated carbocycles. The predicted octanol–water partition coefficient (Wildman–Crippen LogP) is 4.85. The molecule has 3 rings (SSSR count). The van der Waals surface area contributed by atoms with Crippen molar-refractivity contribution >= 4 is 41.3 Å². The van der Waals surface area contributed by atoms with Gasteiger partial charge in [0.05, 0.1) is 18.3 Å². The van der Waals surface area contributed by atoms with Crippen LogP contribution in [-0.4, -0.2) is 30.3 Å². The van der Waals surface area contributed by atoms with Crippen LogP contribution in [0.25, 0.3) is 0 Å². The summed E-state index contributed by atoms with van der Waals surface area (Å²) in [5.74, 6) is 0.569. The summed E-state index contributed by atoms with van der Waals surface area (Å²) in [6.07, 6.45) is 2.17. The number of aliphatic hydroxyl groups is 1. The van der Waals surface area contributed by atoms with Gasteiger partial charge in [-0.15, -0.1) is 24.0 Å². The van der Waals surface area contributed by atoms with Gasteiger partial charge in [0.1, 0.15) is 5.82 Å². The zero-order valence-corrected chi connectivity index (χ0v) is 20.0. The predicted molar refractivity (Wildman–Crippen MR) is 133 cm³/mol. The Hall–Kier alpha value is -1.87. The van der Waals surface area contributed by atoms with Gasteiger partial charge in [-0.05, 0) is 60.6 Å². The van der Waals surface area contributed by atoms with E-state index in [4.69, 9.17) is 5.73 Å². The summed E-state index contributed by atoms with van der Waals surface area (Å²) in [6.45, 7) is 6.02. The molecular weight excluding hydrogens is 494 g/mol. The molecule has 1 heterocycles.